The van der Waals surface area contributed by atoms with Crippen LogP contribution in [-0.2, 0) is 4.74 Å². The summed E-state index contributed by atoms with van der Waals surface area (Å²) in [5.41, 5.74) is 0. The van der Waals surface area contributed by atoms with E-state index in [1.807, 2.05) is 0 Å². The van der Waals surface area contributed by atoms with E-state index in [-0.39, 0.29) is 0 Å². The average molecular weight is 226 g/mol. The van der Waals surface area contributed by atoms with Crippen molar-refractivity contribution in [1.29, 1.82) is 0 Å². The zero-order valence-electron chi connectivity index (χ0n) is 10.4. The predicted molar refractivity (Wildman–Crippen MR) is 66.8 cm³/mol. The minimum Gasteiger partial charge on any atom is -0.379 e. The van der Waals surface area contributed by atoms with Gasteiger partial charge in [0.1, 0.15) is 0 Å². The lowest BCUT2D eigenvalue weighted by Crippen LogP contribution is -2.42. The van der Waals surface area contributed by atoms with Gasteiger partial charge in [-0.2, -0.15) is 0 Å². The standard InChI is InChI=1S/C9H17N.C4H9NO/c1-3-7-10-8-4-2-6-9(10)5-1;1-3-6-4-2-5-1/h9H,1-8H2;5H,1-4H2. The Morgan fingerprint density at radius 2 is 1.50 bits per heavy atom. The van der Waals surface area contributed by atoms with E-state index in [2.05, 4.69) is 10.2 Å². The summed E-state index contributed by atoms with van der Waals surface area (Å²) >= 11 is 0. The number of morpholine rings is 1. The highest BCUT2D eigenvalue weighted by atomic mass is 16.5. The van der Waals surface area contributed by atoms with Crippen molar-refractivity contribution in [2.24, 2.45) is 0 Å². The second-order valence-corrected chi connectivity index (χ2v) is 5.04. The number of hydrogen-bond donors (Lipinski definition) is 1. The molecule has 3 heteroatoms. The molecule has 0 bridgehead atoms. The molecule has 0 atom stereocenters. The van der Waals surface area contributed by atoms with Gasteiger partial charge >= 0.3 is 0 Å². The molecule has 0 radical (unpaired) electrons. The van der Waals surface area contributed by atoms with Gasteiger partial charge in [-0.3, -0.25) is 0 Å². The lowest BCUT2D eigenvalue weighted by molar-refractivity contribution is 0.109. The molecular formula is C13H26N2O. The van der Waals surface area contributed by atoms with Gasteiger partial charge in [-0.05, 0) is 38.8 Å². The van der Waals surface area contributed by atoms with Crippen LogP contribution in [0.2, 0.25) is 0 Å². The molecule has 3 aliphatic heterocycles. The minimum absolute atomic E-state index is 0.889. The number of rotatable bonds is 0. The van der Waals surface area contributed by atoms with Crippen molar-refractivity contribution in [3.05, 3.63) is 0 Å². The van der Waals surface area contributed by atoms with E-state index in [0.717, 1.165) is 32.3 Å². The van der Waals surface area contributed by atoms with E-state index in [1.54, 1.807) is 0 Å². The molecule has 0 aromatic rings. The molecule has 3 heterocycles. The van der Waals surface area contributed by atoms with Gasteiger partial charge in [0, 0.05) is 19.1 Å². The van der Waals surface area contributed by atoms with Crippen LogP contribution in [0.1, 0.15) is 38.5 Å². The quantitative estimate of drug-likeness (QED) is 0.679. The first-order chi connectivity index (χ1) is 7.97. The number of ether oxygens (including phenoxy) is 1. The summed E-state index contributed by atoms with van der Waals surface area (Å²) in [5.74, 6) is 0. The van der Waals surface area contributed by atoms with E-state index in [0.29, 0.717) is 0 Å². The Kier molecular flexibility index (Phi) is 5.59. The topological polar surface area (TPSA) is 24.5 Å². The third-order valence-electron chi connectivity index (χ3n) is 3.83. The molecule has 0 spiro atoms. The van der Waals surface area contributed by atoms with Crippen LogP contribution in [0.15, 0.2) is 0 Å². The maximum atomic E-state index is 5.01. The monoisotopic (exact) mass is 226 g/mol. The Morgan fingerprint density at radius 3 is 1.88 bits per heavy atom. The lowest BCUT2D eigenvalue weighted by atomic mass is 9.93. The SMILES string of the molecule is C1CCN2CCCCC2C1.C1COCCN1. The van der Waals surface area contributed by atoms with Gasteiger partial charge in [0.2, 0.25) is 0 Å². The fourth-order valence-electron chi connectivity index (χ4n) is 2.89. The van der Waals surface area contributed by atoms with Crippen molar-refractivity contribution in [2.75, 3.05) is 39.4 Å². The van der Waals surface area contributed by atoms with Gasteiger partial charge in [0.05, 0.1) is 13.2 Å². The van der Waals surface area contributed by atoms with Crippen LogP contribution in [0.4, 0.5) is 0 Å². The normalized spacial score (nSPS) is 27.8. The molecule has 0 aromatic heterocycles. The third-order valence-corrected chi connectivity index (χ3v) is 3.83. The molecule has 3 fully saturated rings. The molecule has 0 aliphatic carbocycles. The molecule has 3 aliphatic rings. The van der Waals surface area contributed by atoms with Gasteiger partial charge in [0.25, 0.3) is 0 Å². The number of nitrogens with zero attached hydrogens (tertiary/aromatic N) is 1. The Balaban J connectivity index is 0.000000138. The zero-order valence-corrected chi connectivity index (χ0v) is 10.4. The number of hydrogen-bond acceptors (Lipinski definition) is 3. The molecular weight excluding hydrogens is 200 g/mol. The van der Waals surface area contributed by atoms with E-state index in [1.165, 1.54) is 51.6 Å². The van der Waals surface area contributed by atoms with Crippen LogP contribution in [0.25, 0.3) is 0 Å². The lowest BCUT2D eigenvalue weighted by Gasteiger charge is -2.39. The van der Waals surface area contributed by atoms with Gasteiger partial charge < -0.3 is 15.0 Å². The Bertz CT molecular complexity index is 145. The van der Waals surface area contributed by atoms with Crippen LogP contribution >= 0.6 is 0 Å². The van der Waals surface area contributed by atoms with Gasteiger partial charge in [0.15, 0.2) is 0 Å². The molecule has 16 heavy (non-hydrogen) atoms. The number of nitrogens with one attached hydrogen (secondary N) is 1. The van der Waals surface area contributed by atoms with E-state index in [9.17, 15) is 0 Å². The van der Waals surface area contributed by atoms with Crippen molar-refractivity contribution < 1.29 is 4.74 Å². The Hall–Kier alpha value is -0.120. The highest BCUT2D eigenvalue weighted by Crippen LogP contribution is 2.25. The number of fused-ring (bicyclic) bond motifs is 1. The summed E-state index contributed by atoms with van der Waals surface area (Å²) in [6.07, 6.45) is 8.86. The molecule has 0 aromatic carbocycles. The highest BCUT2D eigenvalue weighted by Gasteiger charge is 2.24. The van der Waals surface area contributed by atoms with Crippen LogP contribution < -0.4 is 5.32 Å². The first-order valence-corrected chi connectivity index (χ1v) is 6.99. The Morgan fingerprint density at radius 1 is 0.875 bits per heavy atom. The maximum absolute atomic E-state index is 5.01. The molecule has 1 N–H and O–H groups in total. The average Bonchev–Trinajstić information content (AvgIpc) is 2.42. The first kappa shape index (κ1) is 12.3. The van der Waals surface area contributed by atoms with E-state index >= 15 is 0 Å². The molecule has 3 rings (SSSR count). The first-order valence-electron chi connectivity index (χ1n) is 6.99. The molecule has 0 saturated carbocycles. The highest BCUT2D eigenvalue weighted by molar-refractivity contribution is 4.80. The summed E-state index contributed by atoms with van der Waals surface area (Å²) in [6.45, 7) is 6.62. The van der Waals surface area contributed by atoms with Crippen molar-refractivity contribution in [3.8, 4) is 0 Å². The van der Waals surface area contributed by atoms with Crippen molar-refractivity contribution in [1.82, 2.24) is 10.2 Å². The molecule has 3 nitrogen and oxygen atoms in total. The van der Waals surface area contributed by atoms with Crippen LogP contribution in [0.3, 0.4) is 0 Å². The maximum Gasteiger partial charge on any atom is 0.0591 e. The second kappa shape index (κ2) is 7.25. The Labute approximate surface area is 99.5 Å². The molecule has 94 valence electrons. The van der Waals surface area contributed by atoms with E-state index < -0.39 is 0 Å². The summed E-state index contributed by atoms with van der Waals surface area (Å²) in [5, 5.41) is 3.16. The number of piperidine rings is 2. The summed E-state index contributed by atoms with van der Waals surface area (Å²) < 4.78 is 5.01. The predicted octanol–water partition coefficient (Wildman–Crippen LogP) is 1.63. The van der Waals surface area contributed by atoms with Gasteiger partial charge in [-0.25, -0.2) is 0 Å². The van der Waals surface area contributed by atoms with Crippen LogP contribution in [0.5, 0.6) is 0 Å². The summed E-state index contributed by atoms with van der Waals surface area (Å²) in [7, 11) is 0. The summed E-state index contributed by atoms with van der Waals surface area (Å²) in [6, 6.07) is 0.988. The smallest absolute Gasteiger partial charge is 0.0591 e. The van der Waals surface area contributed by atoms with Crippen molar-refractivity contribution in [3.63, 3.8) is 0 Å². The molecule has 0 amide bonds. The van der Waals surface area contributed by atoms with E-state index in [4.69, 9.17) is 4.74 Å². The molecule has 3 saturated heterocycles. The van der Waals surface area contributed by atoms with Crippen molar-refractivity contribution >= 4 is 0 Å². The second-order valence-electron chi connectivity index (χ2n) is 5.04. The zero-order chi connectivity index (χ0) is 11.1. The minimum atomic E-state index is 0.889. The fourth-order valence-corrected chi connectivity index (χ4v) is 2.89. The third kappa shape index (κ3) is 4.04. The van der Waals surface area contributed by atoms with Crippen molar-refractivity contribution in [2.45, 2.75) is 44.6 Å². The largest absolute Gasteiger partial charge is 0.379 e. The van der Waals surface area contributed by atoms with Crippen LogP contribution in [-0.4, -0.2) is 50.3 Å². The van der Waals surface area contributed by atoms with Gasteiger partial charge in [-0.15, -0.1) is 0 Å². The molecule has 0 unspecified atom stereocenters. The van der Waals surface area contributed by atoms with Gasteiger partial charge in [-0.1, -0.05) is 12.8 Å². The van der Waals surface area contributed by atoms with Crippen LogP contribution in [0, 0.1) is 0 Å². The summed E-state index contributed by atoms with van der Waals surface area (Å²) in [4.78, 5) is 2.70. The fraction of sp³-hybridized carbons (Fsp3) is 1.00.